The van der Waals surface area contributed by atoms with E-state index in [1.807, 2.05) is 35.2 Å². The Morgan fingerprint density at radius 1 is 1.00 bits per heavy atom. The Balaban J connectivity index is 1.68. The Labute approximate surface area is 159 Å². The zero-order valence-corrected chi connectivity index (χ0v) is 14.8. The van der Waals surface area contributed by atoms with Crippen LogP contribution in [0.5, 0.6) is 0 Å². The van der Waals surface area contributed by atoms with Gasteiger partial charge in [0, 0.05) is 30.7 Å². The van der Waals surface area contributed by atoms with Crippen molar-refractivity contribution in [3.8, 4) is 5.69 Å². The van der Waals surface area contributed by atoms with E-state index in [0.717, 1.165) is 16.7 Å². The first-order valence-electron chi connectivity index (χ1n) is 8.29. The van der Waals surface area contributed by atoms with Gasteiger partial charge in [-0.2, -0.15) is 0 Å². The van der Waals surface area contributed by atoms with Crippen molar-refractivity contribution >= 4 is 17.5 Å². The molecule has 0 saturated heterocycles. The van der Waals surface area contributed by atoms with Gasteiger partial charge in [-0.15, -0.1) is 0 Å². The van der Waals surface area contributed by atoms with Crippen molar-refractivity contribution in [1.29, 1.82) is 0 Å². The molecule has 8 heteroatoms. The summed E-state index contributed by atoms with van der Waals surface area (Å²) < 4.78 is 41.7. The molecule has 1 heterocycles. The molecule has 28 heavy (non-hydrogen) atoms. The lowest BCUT2D eigenvalue weighted by atomic mass is 10.1. The Hall–Kier alpha value is -3.55. The fourth-order valence-corrected chi connectivity index (χ4v) is 2.63. The average Bonchev–Trinajstić information content (AvgIpc) is 3.23. The highest BCUT2D eigenvalue weighted by atomic mass is 19.2. The highest BCUT2D eigenvalue weighted by molar-refractivity contribution is 5.99. The van der Waals surface area contributed by atoms with Crippen LogP contribution >= 0.6 is 0 Å². The highest BCUT2D eigenvalue weighted by Gasteiger charge is 2.18. The van der Waals surface area contributed by atoms with Crippen LogP contribution in [-0.4, -0.2) is 34.9 Å². The van der Waals surface area contributed by atoms with Gasteiger partial charge in [0.1, 0.15) is 0 Å². The van der Waals surface area contributed by atoms with Crippen LogP contribution in [0.3, 0.4) is 0 Å². The van der Waals surface area contributed by atoms with Crippen LogP contribution in [0.2, 0.25) is 0 Å². The van der Waals surface area contributed by atoms with Crippen LogP contribution in [-0.2, 0) is 4.79 Å². The fourth-order valence-electron chi connectivity index (χ4n) is 2.63. The summed E-state index contributed by atoms with van der Waals surface area (Å²) in [7, 11) is 1.41. The normalized spacial score (nSPS) is 10.6. The van der Waals surface area contributed by atoms with Crippen molar-refractivity contribution in [3.05, 3.63) is 83.9 Å². The van der Waals surface area contributed by atoms with Crippen molar-refractivity contribution in [2.75, 3.05) is 18.9 Å². The van der Waals surface area contributed by atoms with Crippen LogP contribution < -0.4 is 5.32 Å². The number of rotatable bonds is 5. The monoisotopic (exact) mass is 387 g/mol. The second kappa shape index (κ2) is 7.99. The molecule has 0 saturated carbocycles. The molecular weight excluding hydrogens is 371 g/mol. The number of anilines is 1. The number of aromatic nitrogens is 1. The molecule has 5 nitrogen and oxygen atoms in total. The molecule has 0 aliphatic carbocycles. The number of nitrogens with one attached hydrogen (secondary N) is 1. The van der Waals surface area contributed by atoms with Crippen molar-refractivity contribution < 1.29 is 22.8 Å². The second-order valence-electron chi connectivity index (χ2n) is 6.07. The zero-order chi connectivity index (χ0) is 20.3. The third kappa shape index (κ3) is 4.06. The summed E-state index contributed by atoms with van der Waals surface area (Å²) in [4.78, 5) is 25.8. The molecule has 144 valence electrons. The number of halogens is 3. The third-order valence-electron chi connectivity index (χ3n) is 4.03. The Kier molecular flexibility index (Phi) is 5.49. The summed E-state index contributed by atoms with van der Waals surface area (Å²) >= 11 is 0. The lowest BCUT2D eigenvalue weighted by Crippen LogP contribution is -2.35. The van der Waals surface area contributed by atoms with E-state index in [1.165, 1.54) is 7.05 Å². The lowest BCUT2D eigenvalue weighted by molar-refractivity contribution is -0.116. The largest absolute Gasteiger partial charge is 0.332 e. The maximum Gasteiger partial charge on any atom is 0.254 e. The van der Waals surface area contributed by atoms with Crippen LogP contribution in [0.25, 0.3) is 5.69 Å². The molecule has 0 bridgehead atoms. The maximum absolute atomic E-state index is 13.7. The van der Waals surface area contributed by atoms with E-state index in [0.29, 0.717) is 11.6 Å². The van der Waals surface area contributed by atoms with Gasteiger partial charge in [0.25, 0.3) is 5.91 Å². The van der Waals surface area contributed by atoms with Crippen molar-refractivity contribution in [3.63, 3.8) is 0 Å². The molecular formula is C20H16F3N3O2. The quantitative estimate of drug-likeness (QED) is 0.680. The first-order valence-corrected chi connectivity index (χ1v) is 8.29. The van der Waals surface area contributed by atoms with Gasteiger partial charge in [0.2, 0.25) is 5.91 Å². The fraction of sp³-hybridized carbons (Fsp3) is 0.100. The minimum atomic E-state index is -1.68. The van der Waals surface area contributed by atoms with Gasteiger partial charge in [-0.3, -0.25) is 9.59 Å². The highest BCUT2D eigenvalue weighted by Crippen LogP contribution is 2.19. The van der Waals surface area contributed by atoms with E-state index < -0.39 is 41.5 Å². The molecule has 0 atom stereocenters. The molecule has 3 aromatic rings. The number of hydrogen-bond acceptors (Lipinski definition) is 2. The molecule has 0 spiro atoms. The molecule has 1 aromatic heterocycles. The summed E-state index contributed by atoms with van der Waals surface area (Å²) in [6, 6.07) is 12.1. The molecule has 2 amide bonds. The minimum absolute atomic E-state index is 0.362. The van der Waals surface area contributed by atoms with E-state index in [-0.39, 0.29) is 0 Å². The topological polar surface area (TPSA) is 54.3 Å². The van der Waals surface area contributed by atoms with Crippen LogP contribution in [0.15, 0.2) is 60.9 Å². The first-order chi connectivity index (χ1) is 13.4. The van der Waals surface area contributed by atoms with Crippen molar-refractivity contribution in [2.45, 2.75) is 0 Å². The molecule has 3 rings (SSSR count). The van der Waals surface area contributed by atoms with Crippen molar-refractivity contribution in [1.82, 2.24) is 9.47 Å². The second-order valence-corrected chi connectivity index (χ2v) is 6.07. The molecule has 2 aromatic carbocycles. The van der Waals surface area contributed by atoms with Crippen LogP contribution in [0.1, 0.15) is 10.4 Å². The predicted molar refractivity (Wildman–Crippen MR) is 97.7 cm³/mol. The predicted octanol–water partition coefficient (Wildman–Crippen LogP) is 3.61. The zero-order valence-electron chi connectivity index (χ0n) is 14.8. The summed E-state index contributed by atoms with van der Waals surface area (Å²) in [5.41, 5.74) is 0.637. The van der Waals surface area contributed by atoms with Crippen LogP contribution in [0.4, 0.5) is 18.9 Å². The van der Waals surface area contributed by atoms with Gasteiger partial charge in [-0.05, 0) is 42.5 Å². The molecule has 0 radical (unpaired) electrons. The van der Waals surface area contributed by atoms with E-state index in [9.17, 15) is 22.8 Å². The van der Waals surface area contributed by atoms with Gasteiger partial charge in [-0.25, -0.2) is 13.2 Å². The van der Waals surface area contributed by atoms with Gasteiger partial charge in [0.15, 0.2) is 17.5 Å². The number of carbonyl (C=O) groups excluding carboxylic acids is 2. The molecule has 0 unspecified atom stereocenters. The van der Waals surface area contributed by atoms with Gasteiger partial charge >= 0.3 is 0 Å². The summed E-state index contributed by atoms with van der Waals surface area (Å²) in [6.07, 6.45) is 3.66. The van der Waals surface area contributed by atoms with E-state index in [2.05, 4.69) is 5.32 Å². The number of nitrogens with zero attached hydrogens (tertiary/aromatic N) is 2. The van der Waals surface area contributed by atoms with Crippen molar-refractivity contribution in [2.24, 2.45) is 0 Å². The number of hydrogen-bond donors (Lipinski definition) is 1. The Morgan fingerprint density at radius 2 is 1.71 bits per heavy atom. The Bertz CT molecular complexity index is 1020. The lowest BCUT2D eigenvalue weighted by Gasteiger charge is -2.17. The van der Waals surface area contributed by atoms with E-state index in [1.54, 1.807) is 18.2 Å². The van der Waals surface area contributed by atoms with E-state index >= 15 is 0 Å². The number of carbonyl (C=O) groups is 2. The molecule has 0 aliphatic rings. The molecule has 0 aliphatic heterocycles. The van der Waals surface area contributed by atoms with Gasteiger partial charge in [-0.1, -0.05) is 6.07 Å². The van der Waals surface area contributed by atoms with Crippen LogP contribution in [0, 0.1) is 17.5 Å². The number of likely N-dealkylation sites (N-methyl/N-ethyl adjacent to an activating group) is 1. The maximum atomic E-state index is 13.7. The summed E-state index contributed by atoms with van der Waals surface area (Å²) in [5, 5.41) is 2.13. The van der Waals surface area contributed by atoms with E-state index in [4.69, 9.17) is 0 Å². The molecule has 0 fully saturated rings. The number of benzene rings is 2. The van der Waals surface area contributed by atoms with Gasteiger partial charge < -0.3 is 14.8 Å². The SMILES string of the molecule is CN(CC(=O)Nc1ccc(F)c(F)c1F)C(=O)c1cccc(-n2cccc2)c1. The standard InChI is InChI=1S/C20H16F3N3O2/c1-25(12-17(27)24-16-8-7-15(21)18(22)19(16)23)20(28)13-5-4-6-14(11-13)26-9-2-3-10-26/h2-11H,12H2,1H3,(H,24,27). The molecule has 1 N–H and O–H groups in total. The first kappa shape index (κ1) is 19.2. The minimum Gasteiger partial charge on any atom is -0.332 e. The Morgan fingerprint density at radius 3 is 2.43 bits per heavy atom. The summed E-state index contributed by atoms with van der Waals surface area (Å²) in [5.74, 6) is -5.70. The number of amides is 2. The summed E-state index contributed by atoms with van der Waals surface area (Å²) in [6.45, 7) is -0.398. The van der Waals surface area contributed by atoms with Gasteiger partial charge in [0.05, 0.1) is 12.2 Å². The average molecular weight is 387 g/mol. The smallest absolute Gasteiger partial charge is 0.254 e. The third-order valence-corrected chi connectivity index (χ3v) is 4.03.